The molecule has 1 amide bonds. The molecule has 0 radical (unpaired) electrons. The lowest BCUT2D eigenvalue weighted by atomic mass is 9.97. The van der Waals surface area contributed by atoms with Crippen LogP contribution in [-0.4, -0.2) is 49.6 Å². The van der Waals surface area contributed by atoms with Crippen molar-refractivity contribution >= 4 is 11.9 Å². The van der Waals surface area contributed by atoms with Gasteiger partial charge in [0.15, 0.2) is 0 Å². The van der Waals surface area contributed by atoms with E-state index >= 15 is 0 Å². The molecule has 0 saturated carbocycles. The average Bonchev–Trinajstić information content (AvgIpc) is 2.38. The highest BCUT2D eigenvalue weighted by atomic mass is 16.5. The van der Waals surface area contributed by atoms with Crippen LogP contribution in [0.25, 0.3) is 0 Å². The zero-order valence-corrected chi connectivity index (χ0v) is 12.3. The first-order valence-corrected chi connectivity index (χ1v) is 7.19. The molecule has 5 heteroatoms. The summed E-state index contributed by atoms with van der Waals surface area (Å²) in [4.78, 5) is 25.7. The van der Waals surface area contributed by atoms with Crippen LogP contribution in [0.2, 0.25) is 0 Å². The number of esters is 1. The summed E-state index contributed by atoms with van der Waals surface area (Å²) in [6.07, 6.45) is 1.93. The third kappa shape index (κ3) is 5.59. The highest BCUT2D eigenvalue weighted by Gasteiger charge is 2.27. The van der Waals surface area contributed by atoms with Gasteiger partial charge in [-0.05, 0) is 32.2 Å². The molecule has 0 aromatic carbocycles. The Morgan fingerprint density at radius 2 is 2.16 bits per heavy atom. The summed E-state index contributed by atoms with van der Waals surface area (Å²) >= 11 is 0. The first-order chi connectivity index (χ1) is 9.04. The largest absolute Gasteiger partial charge is 0.465 e. The van der Waals surface area contributed by atoms with E-state index in [1.807, 2.05) is 13.8 Å². The zero-order chi connectivity index (χ0) is 14.3. The van der Waals surface area contributed by atoms with Crippen molar-refractivity contribution in [3.63, 3.8) is 0 Å². The first kappa shape index (κ1) is 16.0. The Labute approximate surface area is 115 Å². The molecule has 1 unspecified atom stereocenters. The van der Waals surface area contributed by atoms with E-state index in [-0.39, 0.29) is 24.3 Å². The second kappa shape index (κ2) is 8.15. The van der Waals surface area contributed by atoms with Gasteiger partial charge in [-0.15, -0.1) is 0 Å². The minimum Gasteiger partial charge on any atom is -0.465 e. The number of rotatable bonds is 6. The molecule has 1 aliphatic rings. The summed E-state index contributed by atoms with van der Waals surface area (Å²) in [5, 5.41) is 3.24. The number of amides is 1. The Balaban J connectivity index is 2.60. The van der Waals surface area contributed by atoms with Crippen LogP contribution < -0.4 is 5.32 Å². The lowest BCUT2D eigenvalue weighted by Crippen LogP contribution is -2.46. The lowest BCUT2D eigenvalue weighted by molar-refractivity contribution is -0.150. The molecule has 1 aliphatic heterocycles. The molecule has 110 valence electrons. The molecule has 1 atom stereocenters. The maximum Gasteiger partial charge on any atom is 0.325 e. The Hall–Kier alpha value is -1.10. The molecule has 0 aliphatic carbocycles. The van der Waals surface area contributed by atoms with Crippen LogP contribution in [0.15, 0.2) is 0 Å². The minimum atomic E-state index is -0.319. The predicted octanol–water partition coefficient (Wildman–Crippen LogP) is 1.03. The van der Waals surface area contributed by atoms with Crippen molar-refractivity contribution in [2.24, 2.45) is 11.8 Å². The Bertz CT molecular complexity index is 299. The summed E-state index contributed by atoms with van der Waals surface area (Å²) in [5.74, 6) is 0.103. The Morgan fingerprint density at radius 3 is 2.68 bits per heavy atom. The molecule has 0 aromatic heterocycles. The summed E-state index contributed by atoms with van der Waals surface area (Å²) in [6, 6.07) is 0. The fourth-order valence-corrected chi connectivity index (χ4v) is 2.36. The molecule has 0 spiro atoms. The van der Waals surface area contributed by atoms with E-state index in [0.29, 0.717) is 19.1 Å². The van der Waals surface area contributed by atoms with E-state index in [9.17, 15) is 9.59 Å². The van der Waals surface area contributed by atoms with Gasteiger partial charge in [0.05, 0.1) is 12.5 Å². The SMILES string of the molecule is CCOC(=O)CN(CC(C)C)C(=O)C1CCCNC1. The number of nitrogens with one attached hydrogen (secondary N) is 1. The van der Waals surface area contributed by atoms with E-state index in [2.05, 4.69) is 5.32 Å². The van der Waals surface area contributed by atoms with Gasteiger partial charge in [-0.2, -0.15) is 0 Å². The van der Waals surface area contributed by atoms with Crippen LogP contribution in [0, 0.1) is 11.8 Å². The second-order valence-electron chi connectivity index (χ2n) is 5.46. The van der Waals surface area contributed by atoms with Crippen molar-refractivity contribution < 1.29 is 14.3 Å². The van der Waals surface area contributed by atoms with Crippen molar-refractivity contribution in [1.82, 2.24) is 10.2 Å². The van der Waals surface area contributed by atoms with E-state index in [1.54, 1.807) is 11.8 Å². The summed E-state index contributed by atoms with van der Waals surface area (Å²) in [7, 11) is 0. The number of carbonyl (C=O) groups is 2. The second-order valence-corrected chi connectivity index (χ2v) is 5.46. The van der Waals surface area contributed by atoms with Gasteiger partial charge < -0.3 is 15.0 Å². The minimum absolute atomic E-state index is 0.00178. The Morgan fingerprint density at radius 1 is 1.42 bits per heavy atom. The maximum absolute atomic E-state index is 12.5. The molecule has 19 heavy (non-hydrogen) atoms. The fraction of sp³-hybridized carbons (Fsp3) is 0.857. The number of hydrogen-bond donors (Lipinski definition) is 1. The third-order valence-corrected chi connectivity index (χ3v) is 3.17. The smallest absolute Gasteiger partial charge is 0.325 e. The lowest BCUT2D eigenvalue weighted by Gasteiger charge is -2.30. The van der Waals surface area contributed by atoms with Crippen LogP contribution in [0.4, 0.5) is 0 Å². The number of nitrogens with zero attached hydrogens (tertiary/aromatic N) is 1. The highest BCUT2D eigenvalue weighted by molar-refractivity contribution is 5.84. The van der Waals surface area contributed by atoms with Crippen LogP contribution in [0.3, 0.4) is 0 Å². The average molecular weight is 270 g/mol. The van der Waals surface area contributed by atoms with Crippen LogP contribution >= 0.6 is 0 Å². The maximum atomic E-state index is 12.5. The number of piperidine rings is 1. The van der Waals surface area contributed by atoms with E-state index < -0.39 is 0 Å². The van der Waals surface area contributed by atoms with Gasteiger partial charge in [0.25, 0.3) is 0 Å². The van der Waals surface area contributed by atoms with Gasteiger partial charge in [0.2, 0.25) is 5.91 Å². The standard InChI is InChI=1S/C14H26N2O3/c1-4-19-13(17)10-16(9-11(2)3)14(18)12-6-5-7-15-8-12/h11-12,15H,4-10H2,1-3H3. The molecule has 1 rings (SSSR count). The van der Waals surface area contributed by atoms with E-state index in [0.717, 1.165) is 25.9 Å². The van der Waals surface area contributed by atoms with Crippen LogP contribution in [-0.2, 0) is 14.3 Å². The van der Waals surface area contributed by atoms with Crippen LogP contribution in [0.1, 0.15) is 33.6 Å². The zero-order valence-electron chi connectivity index (χ0n) is 12.3. The van der Waals surface area contributed by atoms with Crippen molar-refractivity contribution in [3.8, 4) is 0 Å². The van der Waals surface area contributed by atoms with E-state index in [1.165, 1.54) is 0 Å². The van der Waals surface area contributed by atoms with Gasteiger partial charge in [-0.3, -0.25) is 9.59 Å². The predicted molar refractivity (Wildman–Crippen MR) is 73.6 cm³/mol. The van der Waals surface area contributed by atoms with Crippen molar-refractivity contribution in [1.29, 1.82) is 0 Å². The van der Waals surface area contributed by atoms with Crippen molar-refractivity contribution in [2.45, 2.75) is 33.6 Å². The summed E-state index contributed by atoms with van der Waals surface area (Å²) in [6.45, 7) is 8.60. The first-order valence-electron chi connectivity index (χ1n) is 7.19. The van der Waals surface area contributed by atoms with E-state index in [4.69, 9.17) is 4.74 Å². The third-order valence-electron chi connectivity index (χ3n) is 3.17. The van der Waals surface area contributed by atoms with Gasteiger partial charge in [-0.1, -0.05) is 13.8 Å². The molecular weight excluding hydrogens is 244 g/mol. The number of carbonyl (C=O) groups excluding carboxylic acids is 2. The van der Waals surface area contributed by atoms with Gasteiger partial charge in [0.1, 0.15) is 6.54 Å². The van der Waals surface area contributed by atoms with Gasteiger partial charge >= 0.3 is 5.97 Å². The van der Waals surface area contributed by atoms with Crippen molar-refractivity contribution in [3.05, 3.63) is 0 Å². The molecule has 0 bridgehead atoms. The molecule has 1 fully saturated rings. The summed E-state index contributed by atoms with van der Waals surface area (Å²) < 4.78 is 4.94. The molecule has 1 heterocycles. The van der Waals surface area contributed by atoms with Gasteiger partial charge in [0, 0.05) is 13.1 Å². The fourth-order valence-electron chi connectivity index (χ4n) is 2.36. The highest BCUT2D eigenvalue weighted by Crippen LogP contribution is 2.14. The van der Waals surface area contributed by atoms with Gasteiger partial charge in [-0.25, -0.2) is 0 Å². The number of hydrogen-bond acceptors (Lipinski definition) is 4. The molecule has 1 saturated heterocycles. The van der Waals surface area contributed by atoms with Crippen molar-refractivity contribution in [2.75, 3.05) is 32.8 Å². The quantitative estimate of drug-likeness (QED) is 0.733. The summed E-state index contributed by atoms with van der Waals surface area (Å²) in [5.41, 5.74) is 0. The monoisotopic (exact) mass is 270 g/mol. The molecule has 0 aromatic rings. The number of ether oxygens (including phenoxy) is 1. The topological polar surface area (TPSA) is 58.6 Å². The normalized spacial score (nSPS) is 19.3. The molecule has 5 nitrogen and oxygen atoms in total. The molecular formula is C14H26N2O3. The Kier molecular flexibility index (Phi) is 6.84. The molecule has 1 N–H and O–H groups in total. The van der Waals surface area contributed by atoms with Crippen LogP contribution in [0.5, 0.6) is 0 Å².